The largest absolute Gasteiger partial charge is 0.352 e. The molecule has 0 fully saturated rings. The van der Waals surface area contributed by atoms with Crippen molar-refractivity contribution < 1.29 is 18.0 Å². The summed E-state index contributed by atoms with van der Waals surface area (Å²) < 4.78 is 26.6. The Morgan fingerprint density at radius 2 is 1.60 bits per heavy atom. The van der Waals surface area contributed by atoms with Crippen LogP contribution in [0, 0.1) is 6.92 Å². The number of benzene rings is 3. The molecule has 226 valence electrons. The van der Waals surface area contributed by atoms with Crippen LogP contribution in [-0.4, -0.2) is 50.0 Å². The van der Waals surface area contributed by atoms with Gasteiger partial charge in [-0.2, -0.15) is 0 Å². The molecule has 42 heavy (non-hydrogen) atoms. The Kier molecular flexibility index (Phi) is 12.3. The van der Waals surface area contributed by atoms with E-state index in [1.54, 1.807) is 36.4 Å². The summed E-state index contributed by atoms with van der Waals surface area (Å²) in [5.74, 6) is -0.578. The van der Waals surface area contributed by atoms with E-state index in [9.17, 15) is 18.0 Å². The fraction of sp³-hybridized carbons (Fsp3) is 0.375. The first-order valence-electron chi connectivity index (χ1n) is 14.0. The standard InChI is InChI=1S/C32H39Cl2N3O4S/c1-5-24(3)35-32(39)30(21-25-13-7-6-8-14-25)36(22-27-28(33)16-10-17-29(27)34)31(38)18-11-19-37(42(4,40)41)26-15-9-12-23(2)20-26/h6-10,12-17,20,24,30H,5,11,18-19,21-22H2,1-4H3,(H,35,39)/t24-,30+/m0/s1. The summed E-state index contributed by atoms with van der Waals surface area (Å²) in [5, 5.41) is 3.82. The third kappa shape index (κ3) is 9.48. The van der Waals surface area contributed by atoms with E-state index in [4.69, 9.17) is 23.2 Å². The van der Waals surface area contributed by atoms with Crippen LogP contribution in [0.5, 0.6) is 0 Å². The lowest BCUT2D eigenvalue weighted by Crippen LogP contribution is -2.52. The van der Waals surface area contributed by atoms with Crippen molar-refractivity contribution in [3.8, 4) is 0 Å². The van der Waals surface area contributed by atoms with Crippen LogP contribution in [-0.2, 0) is 32.6 Å². The lowest BCUT2D eigenvalue weighted by atomic mass is 10.0. The van der Waals surface area contributed by atoms with Crippen LogP contribution in [0.25, 0.3) is 0 Å². The fourth-order valence-corrected chi connectivity index (χ4v) is 6.11. The van der Waals surface area contributed by atoms with E-state index < -0.39 is 16.1 Å². The highest BCUT2D eigenvalue weighted by Crippen LogP contribution is 2.28. The van der Waals surface area contributed by atoms with Crippen molar-refractivity contribution in [3.63, 3.8) is 0 Å². The second kappa shape index (κ2) is 15.4. The summed E-state index contributed by atoms with van der Waals surface area (Å²) in [7, 11) is -3.59. The van der Waals surface area contributed by atoms with Gasteiger partial charge in [0.05, 0.1) is 11.9 Å². The number of hydrogen-bond donors (Lipinski definition) is 1. The van der Waals surface area contributed by atoms with Crippen molar-refractivity contribution in [3.05, 3.63) is 99.5 Å². The Hall–Kier alpha value is -3.07. The second-order valence-electron chi connectivity index (χ2n) is 10.5. The Labute approximate surface area is 259 Å². The predicted molar refractivity (Wildman–Crippen MR) is 171 cm³/mol. The number of aryl methyl sites for hydroxylation is 1. The predicted octanol–water partition coefficient (Wildman–Crippen LogP) is 6.40. The maximum absolute atomic E-state index is 14.0. The van der Waals surface area contributed by atoms with E-state index in [0.717, 1.165) is 23.8 Å². The van der Waals surface area contributed by atoms with Gasteiger partial charge >= 0.3 is 0 Å². The molecule has 0 saturated carbocycles. The highest BCUT2D eigenvalue weighted by Gasteiger charge is 2.32. The van der Waals surface area contributed by atoms with Gasteiger partial charge in [0.1, 0.15) is 6.04 Å². The number of rotatable bonds is 14. The lowest BCUT2D eigenvalue weighted by Gasteiger charge is -2.33. The van der Waals surface area contributed by atoms with Crippen molar-refractivity contribution in [2.45, 2.75) is 65.1 Å². The molecule has 0 radical (unpaired) electrons. The first-order valence-corrected chi connectivity index (χ1v) is 16.6. The third-order valence-electron chi connectivity index (χ3n) is 7.10. The van der Waals surface area contributed by atoms with Gasteiger partial charge in [-0.1, -0.05) is 78.7 Å². The zero-order valence-corrected chi connectivity index (χ0v) is 26.8. The van der Waals surface area contributed by atoms with E-state index in [1.807, 2.05) is 57.2 Å². The number of nitrogens with one attached hydrogen (secondary N) is 1. The number of amides is 2. The normalized spacial score (nSPS) is 12.8. The number of anilines is 1. The molecule has 3 aromatic rings. The van der Waals surface area contributed by atoms with Gasteiger partial charge in [0, 0.05) is 47.6 Å². The van der Waals surface area contributed by atoms with E-state index >= 15 is 0 Å². The van der Waals surface area contributed by atoms with Crippen LogP contribution < -0.4 is 9.62 Å². The summed E-state index contributed by atoms with van der Waals surface area (Å²) in [6, 6.07) is 20.9. The van der Waals surface area contributed by atoms with E-state index in [1.165, 1.54) is 9.21 Å². The molecule has 0 aliphatic heterocycles. The van der Waals surface area contributed by atoms with Gasteiger partial charge in [-0.05, 0) is 62.1 Å². The smallest absolute Gasteiger partial charge is 0.243 e. The van der Waals surface area contributed by atoms with Gasteiger partial charge in [-0.15, -0.1) is 0 Å². The molecule has 2 atom stereocenters. The van der Waals surface area contributed by atoms with Crippen LogP contribution in [0.15, 0.2) is 72.8 Å². The summed E-state index contributed by atoms with van der Waals surface area (Å²) in [4.78, 5) is 29.2. The molecule has 0 heterocycles. The SMILES string of the molecule is CC[C@H](C)NC(=O)[C@@H](Cc1ccccc1)N(Cc1c(Cl)cccc1Cl)C(=O)CCCN(c1cccc(C)c1)S(C)(=O)=O. The zero-order valence-electron chi connectivity index (χ0n) is 24.5. The molecule has 7 nitrogen and oxygen atoms in total. The van der Waals surface area contributed by atoms with Crippen molar-refractivity contribution in [2.24, 2.45) is 0 Å². The van der Waals surface area contributed by atoms with Gasteiger partial charge in [0.15, 0.2) is 0 Å². The van der Waals surface area contributed by atoms with E-state index in [0.29, 0.717) is 21.3 Å². The van der Waals surface area contributed by atoms with E-state index in [2.05, 4.69) is 5.32 Å². The number of sulfonamides is 1. The maximum Gasteiger partial charge on any atom is 0.243 e. The van der Waals surface area contributed by atoms with Crippen LogP contribution in [0.4, 0.5) is 5.69 Å². The summed E-state index contributed by atoms with van der Waals surface area (Å²) in [6.07, 6.45) is 2.43. The van der Waals surface area contributed by atoms with Crippen molar-refractivity contribution in [1.29, 1.82) is 0 Å². The first-order chi connectivity index (χ1) is 19.9. The van der Waals surface area contributed by atoms with Gasteiger partial charge in [-0.3, -0.25) is 13.9 Å². The maximum atomic E-state index is 14.0. The Balaban J connectivity index is 1.94. The number of hydrogen-bond acceptors (Lipinski definition) is 4. The summed E-state index contributed by atoms with van der Waals surface area (Å²) in [5.41, 5.74) is 2.91. The molecule has 0 spiro atoms. The Bertz CT molecular complexity index is 1450. The average Bonchev–Trinajstić information content (AvgIpc) is 2.94. The highest BCUT2D eigenvalue weighted by molar-refractivity contribution is 7.92. The molecule has 3 rings (SSSR count). The molecule has 3 aromatic carbocycles. The molecular formula is C32H39Cl2N3O4S. The molecule has 0 aliphatic rings. The molecule has 0 saturated heterocycles. The molecule has 0 aliphatic carbocycles. The zero-order chi connectivity index (χ0) is 30.9. The van der Waals surface area contributed by atoms with Crippen LogP contribution in [0.3, 0.4) is 0 Å². The van der Waals surface area contributed by atoms with Crippen LogP contribution in [0.2, 0.25) is 10.0 Å². The molecule has 0 aromatic heterocycles. The Morgan fingerprint density at radius 1 is 0.952 bits per heavy atom. The van der Waals surface area contributed by atoms with Gasteiger partial charge in [0.25, 0.3) is 0 Å². The van der Waals surface area contributed by atoms with Crippen molar-refractivity contribution in [1.82, 2.24) is 10.2 Å². The summed E-state index contributed by atoms with van der Waals surface area (Å²) >= 11 is 13.0. The molecule has 10 heteroatoms. The molecule has 1 N–H and O–H groups in total. The number of halogens is 2. The highest BCUT2D eigenvalue weighted by atomic mass is 35.5. The molecule has 0 unspecified atom stereocenters. The minimum Gasteiger partial charge on any atom is -0.352 e. The van der Waals surface area contributed by atoms with Crippen LogP contribution in [0.1, 0.15) is 49.8 Å². The van der Waals surface area contributed by atoms with E-state index in [-0.39, 0.29) is 50.2 Å². The fourth-order valence-electron chi connectivity index (χ4n) is 4.64. The van der Waals surface area contributed by atoms with Gasteiger partial charge in [0.2, 0.25) is 21.8 Å². The van der Waals surface area contributed by atoms with Gasteiger partial charge in [-0.25, -0.2) is 8.42 Å². The van der Waals surface area contributed by atoms with Gasteiger partial charge < -0.3 is 10.2 Å². The third-order valence-corrected chi connectivity index (χ3v) is 9.01. The number of carbonyl (C=O) groups is 2. The first kappa shape index (κ1) is 33.4. The van der Waals surface area contributed by atoms with Crippen molar-refractivity contribution >= 4 is 50.7 Å². The second-order valence-corrected chi connectivity index (χ2v) is 13.2. The summed E-state index contributed by atoms with van der Waals surface area (Å²) in [6.45, 7) is 5.92. The van der Waals surface area contributed by atoms with Crippen LogP contribution >= 0.6 is 23.2 Å². The molecule has 0 bridgehead atoms. The number of carbonyl (C=O) groups excluding carboxylic acids is 2. The lowest BCUT2D eigenvalue weighted by molar-refractivity contribution is -0.141. The molecular weight excluding hydrogens is 593 g/mol. The quantitative estimate of drug-likeness (QED) is 0.223. The minimum absolute atomic E-state index is 0.0157. The number of nitrogens with zero attached hydrogens (tertiary/aromatic N) is 2. The topological polar surface area (TPSA) is 86.8 Å². The monoisotopic (exact) mass is 631 g/mol. The minimum atomic E-state index is -3.59. The average molecular weight is 633 g/mol. The molecule has 2 amide bonds. The Morgan fingerprint density at radius 3 is 2.19 bits per heavy atom. The van der Waals surface area contributed by atoms with Crippen molar-refractivity contribution in [2.75, 3.05) is 17.1 Å².